The predicted molar refractivity (Wildman–Crippen MR) is 49.2 cm³/mol. The van der Waals surface area contributed by atoms with Crippen LogP contribution >= 0.6 is 0 Å². The van der Waals surface area contributed by atoms with Crippen molar-refractivity contribution in [2.75, 3.05) is 6.67 Å². The Bertz CT molecular complexity index is 173. The topological polar surface area (TPSA) is 63.3 Å². The molecule has 1 atom stereocenters. The standard InChI is InChI=1S/C9H18FNO2/c1-7(2)6-9(11,8(12)13)4-3-5-10/h7H,3-6,11H2,1-2H3,(H,12,13). The second-order valence-corrected chi connectivity index (χ2v) is 3.85. The fraction of sp³-hybridized carbons (Fsp3) is 0.889. The maximum absolute atomic E-state index is 11.9. The van der Waals surface area contributed by atoms with Gasteiger partial charge < -0.3 is 10.8 Å². The Balaban J connectivity index is 4.25. The molecule has 0 aromatic rings. The molecule has 0 aromatic heterocycles. The molecule has 0 aliphatic heterocycles. The molecule has 0 bridgehead atoms. The molecule has 3 N–H and O–H groups in total. The third kappa shape index (κ3) is 4.22. The summed E-state index contributed by atoms with van der Waals surface area (Å²) in [5, 5.41) is 8.86. The van der Waals surface area contributed by atoms with Crippen LogP contribution in [0.1, 0.15) is 33.1 Å². The highest BCUT2D eigenvalue weighted by molar-refractivity contribution is 5.78. The Kier molecular flexibility index (Phi) is 4.91. The molecule has 0 saturated carbocycles. The molecule has 0 radical (unpaired) electrons. The van der Waals surface area contributed by atoms with Crippen molar-refractivity contribution >= 4 is 5.97 Å². The lowest BCUT2D eigenvalue weighted by Gasteiger charge is -2.26. The zero-order valence-electron chi connectivity index (χ0n) is 8.22. The van der Waals surface area contributed by atoms with Gasteiger partial charge in [-0.3, -0.25) is 9.18 Å². The third-order valence-corrected chi connectivity index (χ3v) is 1.95. The molecule has 0 amide bonds. The summed E-state index contributed by atoms with van der Waals surface area (Å²) in [6, 6.07) is 0. The summed E-state index contributed by atoms with van der Waals surface area (Å²) in [5.74, 6) is -0.824. The van der Waals surface area contributed by atoms with Gasteiger partial charge in [-0.15, -0.1) is 0 Å². The van der Waals surface area contributed by atoms with Gasteiger partial charge >= 0.3 is 5.97 Å². The van der Waals surface area contributed by atoms with Gasteiger partial charge in [0.2, 0.25) is 0 Å². The first kappa shape index (κ1) is 12.4. The Morgan fingerprint density at radius 1 is 1.62 bits per heavy atom. The molecule has 0 rings (SSSR count). The molecular formula is C9H18FNO2. The van der Waals surface area contributed by atoms with E-state index in [0.29, 0.717) is 6.42 Å². The van der Waals surface area contributed by atoms with Gasteiger partial charge in [-0.2, -0.15) is 0 Å². The lowest BCUT2D eigenvalue weighted by atomic mass is 9.86. The SMILES string of the molecule is CC(C)CC(N)(CCCF)C(=O)O. The van der Waals surface area contributed by atoms with Crippen molar-refractivity contribution in [1.82, 2.24) is 0 Å². The van der Waals surface area contributed by atoms with E-state index in [9.17, 15) is 9.18 Å². The van der Waals surface area contributed by atoms with Gasteiger partial charge in [-0.05, 0) is 25.2 Å². The maximum Gasteiger partial charge on any atom is 0.323 e. The fourth-order valence-corrected chi connectivity index (χ4v) is 1.41. The summed E-state index contributed by atoms with van der Waals surface area (Å²) >= 11 is 0. The van der Waals surface area contributed by atoms with Crippen molar-refractivity contribution in [3.05, 3.63) is 0 Å². The summed E-state index contributed by atoms with van der Waals surface area (Å²) < 4.78 is 11.9. The number of carboxylic acids is 1. The van der Waals surface area contributed by atoms with Crippen LogP contribution in [0.2, 0.25) is 0 Å². The van der Waals surface area contributed by atoms with E-state index in [-0.39, 0.29) is 18.8 Å². The van der Waals surface area contributed by atoms with E-state index in [1.807, 2.05) is 13.8 Å². The van der Waals surface area contributed by atoms with Crippen LogP contribution in [-0.2, 0) is 4.79 Å². The van der Waals surface area contributed by atoms with Crippen LogP contribution in [0.25, 0.3) is 0 Å². The van der Waals surface area contributed by atoms with Crippen LogP contribution < -0.4 is 5.73 Å². The van der Waals surface area contributed by atoms with E-state index in [1.54, 1.807) is 0 Å². The lowest BCUT2D eigenvalue weighted by molar-refractivity contribution is -0.144. The maximum atomic E-state index is 11.9. The van der Waals surface area contributed by atoms with Gasteiger partial charge in [0.05, 0.1) is 6.67 Å². The fourth-order valence-electron chi connectivity index (χ4n) is 1.41. The number of hydrogen-bond acceptors (Lipinski definition) is 2. The van der Waals surface area contributed by atoms with Crippen LogP contribution in [0.3, 0.4) is 0 Å². The third-order valence-electron chi connectivity index (χ3n) is 1.95. The number of aliphatic carboxylic acids is 1. The normalized spacial score (nSPS) is 15.8. The van der Waals surface area contributed by atoms with Crippen LogP contribution in [0.4, 0.5) is 4.39 Å². The predicted octanol–water partition coefficient (Wildman–Crippen LogP) is 1.56. The first-order chi connectivity index (χ1) is 5.92. The highest BCUT2D eigenvalue weighted by atomic mass is 19.1. The molecule has 0 aliphatic carbocycles. The Morgan fingerprint density at radius 2 is 2.15 bits per heavy atom. The van der Waals surface area contributed by atoms with E-state index in [0.717, 1.165) is 0 Å². The van der Waals surface area contributed by atoms with Crippen LogP contribution in [-0.4, -0.2) is 23.3 Å². The van der Waals surface area contributed by atoms with Gasteiger partial charge in [0.25, 0.3) is 0 Å². The molecule has 3 nitrogen and oxygen atoms in total. The first-order valence-electron chi connectivity index (χ1n) is 4.50. The number of halogens is 1. The summed E-state index contributed by atoms with van der Waals surface area (Å²) in [6.45, 7) is 3.30. The zero-order valence-corrected chi connectivity index (χ0v) is 8.22. The minimum atomic E-state index is -1.25. The second kappa shape index (κ2) is 5.17. The van der Waals surface area contributed by atoms with E-state index in [1.165, 1.54) is 0 Å². The number of carboxylic acid groups (broad SMARTS) is 1. The smallest absolute Gasteiger partial charge is 0.323 e. The Morgan fingerprint density at radius 3 is 2.46 bits per heavy atom. The molecule has 0 saturated heterocycles. The zero-order chi connectivity index (χ0) is 10.5. The second-order valence-electron chi connectivity index (χ2n) is 3.85. The molecule has 13 heavy (non-hydrogen) atoms. The highest BCUT2D eigenvalue weighted by Gasteiger charge is 2.33. The Labute approximate surface area is 78.1 Å². The molecule has 0 aliphatic rings. The number of hydrogen-bond donors (Lipinski definition) is 2. The molecule has 1 unspecified atom stereocenters. The minimum Gasteiger partial charge on any atom is -0.480 e. The van der Waals surface area contributed by atoms with Crippen molar-refractivity contribution < 1.29 is 14.3 Å². The molecule has 0 fully saturated rings. The van der Waals surface area contributed by atoms with E-state index in [4.69, 9.17) is 10.8 Å². The van der Waals surface area contributed by atoms with Crippen LogP contribution in [0.15, 0.2) is 0 Å². The summed E-state index contributed by atoms with van der Waals surface area (Å²) in [6.07, 6.45) is 0.814. The van der Waals surface area contributed by atoms with Gasteiger partial charge in [0.15, 0.2) is 0 Å². The average Bonchev–Trinajstić information content (AvgIpc) is 1.99. The van der Waals surface area contributed by atoms with E-state index in [2.05, 4.69) is 0 Å². The summed E-state index contributed by atoms with van der Waals surface area (Å²) in [4.78, 5) is 10.8. The van der Waals surface area contributed by atoms with E-state index >= 15 is 0 Å². The van der Waals surface area contributed by atoms with Crippen LogP contribution in [0.5, 0.6) is 0 Å². The van der Waals surface area contributed by atoms with Crippen molar-refractivity contribution in [1.29, 1.82) is 0 Å². The molecule has 0 spiro atoms. The quantitative estimate of drug-likeness (QED) is 0.669. The first-order valence-corrected chi connectivity index (χ1v) is 4.50. The lowest BCUT2D eigenvalue weighted by Crippen LogP contribution is -2.49. The minimum absolute atomic E-state index is 0.205. The van der Waals surface area contributed by atoms with Gasteiger partial charge in [0, 0.05) is 0 Å². The van der Waals surface area contributed by atoms with Gasteiger partial charge in [0.1, 0.15) is 5.54 Å². The molecular weight excluding hydrogens is 173 g/mol. The van der Waals surface area contributed by atoms with Crippen LogP contribution in [0, 0.1) is 5.92 Å². The molecule has 78 valence electrons. The molecule has 4 heteroatoms. The van der Waals surface area contributed by atoms with Crippen molar-refractivity contribution in [3.63, 3.8) is 0 Å². The summed E-state index contributed by atoms with van der Waals surface area (Å²) in [7, 11) is 0. The number of alkyl halides is 1. The highest BCUT2D eigenvalue weighted by Crippen LogP contribution is 2.20. The Hall–Kier alpha value is -0.640. The number of carbonyl (C=O) groups is 1. The van der Waals surface area contributed by atoms with Crippen molar-refractivity contribution in [2.24, 2.45) is 11.7 Å². The van der Waals surface area contributed by atoms with Gasteiger partial charge in [-0.25, -0.2) is 0 Å². The number of nitrogens with two attached hydrogens (primary N) is 1. The average molecular weight is 191 g/mol. The summed E-state index contributed by atoms with van der Waals surface area (Å²) in [5.41, 5.74) is 4.41. The number of rotatable bonds is 6. The molecule has 0 heterocycles. The van der Waals surface area contributed by atoms with Crippen molar-refractivity contribution in [2.45, 2.75) is 38.6 Å². The van der Waals surface area contributed by atoms with E-state index < -0.39 is 18.2 Å². The molecule has 0 aromatic carbocycles. The monoisotopic (exact) mass is 191 g/mol. The van der Waals surface area contributed by atoms with Crippen molar-refractivity contribution in [3.8, 4) is 0 Å². The van der Waals surface area contributed by atoms with Gasteiger partial charge in [-0.1, -0.05) is 13.8 Å². The largest absolute Gasteiger partial charge is 0.480 e.